The van der Waals surface area contributed by atoms with Crippen LogP contribution in [0.3, 0.4) is 0 Å². The molecule has 2 heterocycles. The third-order valence-corrected chi connectivity index (χ3v) is 3.29. The van der Waals surface area contributed by atoms with Crippen molar-refractivity contribution < 1.29 is 8.42 Å². The lowest BCUT2D eigenvalue weighted by atomic mass is 10.5. The Morgan fingerprint density at radius 1 is 1.50 bits per heavy atom. The van der Waals surface area contributed by atoms with Crippen LogP contribution in [0.25, 0.3) is 5.65 Å². The van der Waals surface area contributed by atoms with Crippen LogP contribution in [0.5, 0.6) is 0 Å². The summed E-state index contributed by atoms with van der Waals surface area (Å²) in [5.74, 6) is 0.988. The number of aryl methyl sites for hydroxylation is 1. The quantitative estimate of drug-likeness (QED) is 0.752. The second-order valence-corrected chi connectivity index (χ2v) is 6.23. The number of fused-ring (bicyclic) bond motifs is 1. The molecule has 0 fully saturated rings. The minimum Gasteiger partial charge on any atom is -0.369 e. The summed E-state index contributed by atoms with van der Waals surface area (Å²) >= 11 is 0. The number of anilines is 1. The molecule has 0 aromatic carbocycles. The van der Waals surface area contributed by atoms with Crippen molar-refractivity contribution in [1.82, 2.24) is 19.6 Å². The molecule has 0 aliphatic rings. The third kappa shape index (κ3) is 2.67. The van der Waals surface area contributed by atoms with Crippen molar-refractivity contribution in [3.05, 3.63) is 22.4 Å². The van der Waals surface area contributed by atoms with Gasteiger partial charge in [0.05, 0.1) is 5.75 Å². The van der Waals surface area contributed by atoms with Gasteiger partial charge in [0.2, 0.25) is 0 Å². The van der Waals surface area contributed by atoms with E-state index in [0.29, 0.717) is 17.3 Å². The van der Waals surface area contributed by atoms with Gasteiger partial charge >= 0.3 is 5.69 Å². The molecule has 0 radical (unpaired) electrons. The first-order chi connectivity index (χ1) is 8.37. The van der Waals surface area contributed by atoms with Gasteiger partial charge in [-0.1, -0.05) is 0 Å². The van der Waals surface area contributed by atoms with Crippen LogP contribution in [-0.2, 0) is 9.84 Å². The maximum atomic E-state index is 11.4. The molecule has 0 aliphatic carbocycles. The number of aromatic amines is 1. The highest BCUT2D eigenvalue weighted by Crippen LogP contribution is 2.07. The summed E-state index contributed by atoms with van der Waals surface area (Å²) in [7, 11) is -3.01. The maximum absolute atomic E-state index is 11.4. The average Bonchev–Trinajstić information content (AvgIpc) is 2.58. The van der Waals surface area contributed by atoms with Crippen molar-refractivity contribution in [2.24, 2.45) is 0 Å². The third-order valence-electron chi connectivity index (χ3n) is 2.35. The van der Waals surface area contributed by atoms with Crippen LogP contribution in [0, 0.1) is 6.92 Å². The second-order valence-electron chi connectivity index (χ2n) is 3.97. The van der Waals surface area contributed by atoms with Gasteiger partial charge < -0.3 is 5.32 Å². The van der Waals surface area contributed by atoms with Gasteiger partial charge in [0, 0.05) is 18.9 Å². The van der Waals surface area contributed by atoms with Crippen molar-refractivity contribution in [2.75, 3.05) is 23.9 Å². The molecule has 0 atom stereocenters. The van der Waals surface area contributed by atoms with Gasteiger partial charge in [0.1, 0.15) is 21.5 Å². The lowest BCUT2D eigenvalue weighted by molar-refractivity contribution is 0.602. The van der Waals surface area contributed by atoms with Gasteiger partial charge in [-0.2, -0.15) is 5.10 Å². The Morgan fingerprint density at radius 2 is 2.22 bits per heavy atom. The number of hydrogen-bond donors (Lipinski definition) is 2. The summed E-state index contributed by atoms with van der Waals surface area (Å²) in [6, 6.07) is 1.58. The standard InChI is InChI=1S/C9H13N5O3S/c1-6-11-7(10-3-4-18(2,16)17)5-8-12-13-9(15)14(6)8/h5,10H,3-4H2,1-2H3,(H,13,15). The number of aromatic nitrogens is 4. The summed E-state index contributed by atoms with van der Waals surface area (Å²) in [5.41, 5.74) is 0.0899. The Hall–Kier alpha value is -1.90. The first kappa shape index (κ1) is 12.6. The average molecular weight is 271 g/mol. The summed E-state index contributed by atoms with van der Waals surface area (Å²) in [5, 5.41) is 9.03. The number of H-pyrrole nitrogens is 1. The summed E-state index contributed by atoms with van der Waals surface area (Å²) in [4.78, 5) is 15.5. The highest BCUT2D eigenvalue weighted by atomic mass is 32.2. The van der Waals surface area contributed by atoms with Crippen LogP contribution >= 0.6 is 0 Å². The van der Waals surface area contributed by atoms with E-state index in [0.717, 1.165) is 0 Å². The molecule has 8 nitrogen and oxygen atoms in total. The molecule has 0 bridgehead atoms. The molecule has 9 heteroatoms. The zero-order chi connectivity index (χ0) is 13.3. The van der Waals surface area contributed by atoms with Crippen molar-refractivity contribution in [2.45, 2.75) is 6.92 Å². The van der Waals surface area contributed by atoms with Crippen LogP contribution < -0.4 is 11.0 Å². The first-order valence-corrected chi connectivity index (χ1v) is 7.29. The fraction of sp³-hybridized carbons (Fsp3) is 0.444. The van der Waals surface area contributed by atoms with E-state index >= 15 is 0 Å². The fourth-order valence-electron chi connectivity index (χ4n) is 1.55. The van der Waals surface area contributed by atoms with E-state index < -0.39 is 9.84 Å². The lowest BCUT2D eigenvalue weighted by Gasteiger charge is -2.06. The van der Waals surface area contributed by atoms with E-state index in [4.69, 9.17) is 0 Å². The molecule has 0 saturated carbocycles. The van der Waals surface area contributed by atoms with Crippen LogP contribution in [0.15, 0.2) is 10.9 Å². The Bertz CT molecular complexity index is 730. The summed E-state index contributed by atoms with van der Waals surface area (Å²) in [6.45, 7) is 1.93. The van der Waals surface area contributed by atoms with Gasteiger partial charge in [-0.15, -0.1) is 0 Å². The molecule has 0 unspecified atom stereocenters. The van der Waals surface area contributed by atoms with Crippen molar-refractivity contribution in [3.8, 4) is 0 Å². The van der Waals surface area contributed by atoms with E-state index in [1.54, 1.807) is 13.0 Å². The topological polar surface area (TPSA) is 109 Å². The number of nitrogens with zero attached hydrogens (tertiary/aromatic N) is 3. The zero-order valence-corrected chi connectivity index (χ0v) is 10.8. The number of sulfone groups is 1. The van der Waals surface area contributed by atoms with E-state index in [1.807, 2.05) is 0 Å². The predicted molar refractivity (Wildman–Crippen MR) is 66.5 cm³/mol. The Balaban J connectivity index is 2.23. The van der Waals surface area contributed by atoms with Crippen LogP contribution in [0.2, 0.25) is 0 Å². The molecule has 2 aromatic heterocycles. The Labute approximate surface area is 103 Å². The number of rotatable bonds is 4. The van der Waals surface area contributed by atoms with Gasteiger partial charge in [-0.05, 0) is 6.92 Å². The van der Waals surface area contributed by atoms with Gasteiger partial charge in [0.25, 0.3) is 0 Å². The van der Waals surface area contributed by atoms with E-state index in [2.05, 4.69) is 20.5 Å². The monoisotopic (exact) mass is 271 g/mol. The van der Waals surface area contributed by atoms with Crippen molar-refractivity contribution >= 4 is 21.3 Å². The van der Waals surface area contributed by atoms with E-state index in [1.165, 1.54) is 10.7 Å². The van der Waals surface area contributed by atoms with Gasteiger partial charge in [0.15, 0.2) is 5.65 Å². The lowest BCUT2D eigenvalue weighted by Crippen LogP contribution is -2.17. The van der Waals surface area contributed by atoms with Crippen molar-refractivity contribution in [3.63, 3.8) is 0 Å². The van der Waals surface area contributed by atoms with Crippen LogP contribution in [0.4, 0.5) is 5.82 Å². The molecule has 98 valence electrons. The fourth-order valence-corrected chi connectivity index (χ4v) is 2.03. The van der Waals surface area contributed by atoms with Crippen LogP contribution in [-0.4, -0.2) is 46.6 Å². The molecule has 0 spiro atoms. The predicted octanol–water partition coefficient (Wildman–Crippen LogP) is -0.817. The normalized spacial score (nSPS) is 11.9. The number of nitrogens with one attached hydrogen (secondary N) is 2. The molecule has 2 N–H and O–H groups in total. The van der Waals surface area contributed by atoms with E-state index in [-0.39, 0.29) is 18.0 Å². The minimum atomic E-state index is -3.01. The Kier molecular flexibility index (Phi) is 3.07. The highest BCUT2D eigenvalue weighted by Gasteiger charge is 2.07. The molecule has 0 aliphatic heterocycles. The number of hydrogen-bond acceptors (Lipinski definition) is 6. The van der Waals surface area contributed by atoms with Crippen LogP contribution in [0.1, 0.15) is 5.82 Å². The second kappa shape index (κ2) is 4.41. The molecular formula is C9H13N5O3S. The maximum Gasteiger partial charge on any atom is 0.349 e. The Morgan fingerprint density at radius 3 is 2.89 bits per heavy atom. The summed E-state index contributed by atoms with van der Waals surface area (Å²) < 4.78 is 23.3. The SMILES string of the molecule is Cc1nc(NCCS(C)(=O)=O)cc2n[nH]c(=O)n12. The molecule has 0 saturated heterocycles. The molecule has 0 amide bonds. The first-order valence-electron chi connectivity index (χ1n) is 5.23. The largest absolute Gasteiger partial charge is 0.369 e. The molecule has 2 aromatic rings. The molecule has 2 rings (SSSR count). The highest BCUT2D eigenvalue weighted by molar-refractivity contribution is 7.90. The summed E-state index contributed by atoms with van der Waals surface area (Å²) in [6.07, 6.45) is 1.17. The minimum absolute atomic E-state index is 0.0201. The molecular weight excluding hydrogens is 258 g/mol. The van der Waals surface area contributed by atoms with Gasteiger partial charge in [-0.25, -0.2) is 27.7 Å². The zero-order valence-electron chi connectivity index (χ0n) is 9.97. The van der Waals surface area contributed by atoms with Crippen molar-refractivity contribution in [1.29, 1.82) is 0 Å². The van der Waals surface area contributed by atoms with E-state index in [9.17, 15) is 13.2 Å². The van der Waals surface area contributed by atoms with Gasteiger partial charge in [-0.3, -0.25) is 0 Å². The molecule has 18 heavy (non-hydrogen) atoms. The smallest absolute Gasteiger partial charge is 0.349 e.